The largest absolute Gasteiger partial charge is 0.478 e. The molecule has 2 aromatic rings. The molecule has 2 aromatic carbocycles. The first-order chi connectivity index (χ1) is 15.3. The van der Waals surface area contributed by atoms with Gasteiger partial charge in [-0.05, 0) is 42.0 Å². The molecule has 164 valence electrons. The molecule has 4 rings (SSSR count). The molecule has 0 radical (unpaired) electrons. The lowest BCUT2D eigenvalue weighted by molar-refractivity contribution is -0.135. The molecule has 1 unspecified atom stereocenters. The van der Waals surface area contributed by atoms with Crippen LogP contribution in [0.15, 0.2) is 54.6 Å². The molecular formula is C22H17FN2O7. The van der Waals surface area contributed by atoms with Crippen molar-refractivity contribution in [2.24, 2.45) is 0 Å². The number of rotatable bonds is 6. The molecule has 10 heteroatoms. The quantitative estimate of drug-likeness (QED) is 0.539. The number of benzene rings is 2. The van der Waals surface area contributed by atoms with Gasteiger partial charge >= 0.3 is 5.97 Å². The molecule has 0 bridgehead atoms. The molecule has 2 aliphatic heterocycles. The van der Waals surface area contributed by atoms with E-state index in [0.717, 1.165) is 28.0 Å². The molecule has 0 spiro atoms. The van der Waals surface area contributed by atoms with Gasteiger partial charge in [-0.25, -0.2) is 14.1 Å². The number of hydrogen-bond donors (Lipinski definition) is 1. The van der Waals surface area contributed by atoms with Gasteiger partial charge in [-0.3, -0.25) is 14.4 Å². The number of halogens is 1. The molecule has 3 amide bonds. The smallest absolute Gasteiger partial charge is 0.328 e. The molecule has 32 heavy (non-hydrogen) atoms. The second-order valence-corrected chi connectivity index (χ2v) is 7.09. The summed E-state index contributed by atoms with van der Waals surface area (Å²) in [6.45, 7) is -0.0224. The summed E-state index contributed by atoms with van der Waals surface area (Å²) in [5, 5.41) is 8.86. The van der Waals surface area contributed by atoms with Gasteiger partial charge in [0.2, 0.25) is 18.6 Å². The molecule has 9 nitrogen and oxygen atoms in total. The number of hydrogen-bond acceptors (Lipinski definition) is 6. The lowest BCUT2D eigenvalue weighted by atomic mass is 10.1. The maximum atomic E-state index is 13.2. The van der Waals surface area contributed by atoms with Crippen LogP contribution in [-0.4, -0.2) is 46.5 Å². The van der Waals surface area contributed by atoms with Crippen molar-refractivity contribution in [3.05, 3.63) is 66.0 Å². The van der Waals surface area contributed by atoms with Crippen molar-refractivity contribution in [3.63, 3.8) is 0 Å². The van der Waals surface area contributed by atoms with Gasteiger partial charge in [0, 0.05) is 18.7 Å². The molecule has 1 atom stereocenters. The van der Waals surface area contributed by atoms with E-state index < -0.39 is 35.5 Å². The van der Waals surface area contributed by atoms with Crippen LogP contribution >= 0.6 is 0 Å². The zero-order valence-electron chi connectivity index (χ0n) is 16.6. The predicted octanol–water partition coefficient (Wildman–Crippen LogP) is 1.86. The van der Waals surface area contributed by atoms with Crippen molar-refractivity contribution >= 4 is 29.4 Å². The van der Waals surface area contributed by atoms with Crippen molar-refractivity contribution < 1.29 is 38.1 Å². The third kappa shape index (κ3) is 4.15. The van der Waals surface area contributed by atoms with E-state index in [2.05, 4.69) is 0 Å². The summed E-state index contributed by atoms with van der Waals surface area (Å²) in [5.74, 6) is -2.83. The van der Waals surface area contributed by atoms with Crippen LogP contribution in [0.2, 0.25) is 0 Å². The van der Waals surface area contributed by atoms with Gasteiger partial charge in [-0.1, -0.05) is 6.07 Å². The zero-order chi connectivity index (χ0) is 22.8. The molecule has 0 aromatic heterocycles. The van der Waals surface area contributed by atoms with Crippen molar-refractivity contribution in [2.45, 2.75) is 19.0 Å². The Morgan fingerprint density at radius 1 is 1.09 bits per heavy atom. The third-order valence-corrected chi connectivity index (χ3v) is 5.03. The van der Waals surface area contributed by atoms with Gasteiger partial charge < -0.3 is 19.5 Å². The van der Waals surface area contributed by atoms with Gasteiger partial charge in [0.15, 0.2) is 11.5 Å². The highest BCUT2D eigenvalue weighted by molar-refractivity contribution is 6.23. The van der Waals surface area contributed by atoms with Crippen molar-refractivity contribution in [1.82, 2.24) is 4.90 Å². The van der Waals surface area contributed by atoms with Gasteiger partial charge in [0.1, 0.15) is 11.9 Å². The van der Waals surface area contributed by atoms with E-state index >= 15 is 0 Å². The summed E-state index contributed by atoms with van der Waals surface area (Å²) in [6, 6.07) is 8.63. The summed E-state index contributed by atoms with van der Waals surface area (Å²) < 4.78 is 23.8. The molecule has 0 saturated carbocycles. The molecule has 1 fully saturated rings. The van der Waals surface area contributed by atoms with Crippen LogP contribution in [0.3, 0.4) is 0 Å². The molecule has 2 aliphatic rings. The topological polar surface area (TPSA) is 113 Å². The van der Waals surface area contributed by atoms with Crippen LogP contribution < -0.4 is 14.4 Å². The Balaban J connectivity index is 1.64. The van der Waals surface area contributed by atoms with E-state index in [9.17, 15) is 23.6 Å². The number of nitrogens with zero attached hydrogens (tertiary/aromatic N) is 2. The normalized spacial score (nSPS) is 17.3. The van der Waals surface area contributed by atoms with Crippen LogP contribution in [0, 0.1) is 5.82 Å². The lowest BCUT2D eigenvalue weighted by Gasteiger charge is -2.26. The van der Waals surface area contributed by atoms with Gasteiger partial charge in [0.25, 0.3) is 5.91 Å². The number of anilines is 1. The number of carbonyl (C=O) groups is 4. The fourth-order valence-electron chi connectivity index (χ4n) is 3.54. The highest BCUT2D eigenvalue weighted by atomic mass is 19.1. The standard InChI is InChI=1S/C22H17FN2O7/c23-14-2-4-15(5-3-14)25-20(27)10-16(22(25)30)24(19(26)7-8-21(28)29)11-13-1-6-17-18(9-13)32-12-31-17/h1-9,16H,10-12H2,(H,28,29)/b8-7+. The fourth-order valence-corrected chi connectivity index (χ4v) is 3.54. The van der Waals surface area contributed by atoms with E-state index in [1.807, 2.05) is 0 Å². The number of carboxylic acid groups (broad SMARTS) is 1. The van der Waals surface area contributed by atoms with Gasteiger partial charge in [0.05, 0.1) is 12.1 Å². The summed E-state index contributed by atoms with van der Waals surface area (Å²) in [4.78, 5) is 51.4. The minimum absolute atomic E-state index is 0.0605. The van der Waals surface area contributed by atoms with Crippen molar-refractivity contribution in [2.75, 3.05) is 11.7 Å². The molecule has 0 aliphatic carbocycles. The predicted molar refractivity (Wildman–Crippen MR) is 107 cm³/mol. The van der Waals surface area contributed by atoms with E-state index in [4.69, 9.17) is 14.6 Å². The Morgan fingerprint density at radius 2 is 1.81 bits per heavy atom. The van der Waals surface area contributed by atoms with E-state index in [0.29, 0.717) is 23.1 Å². The van der Waals surface area contributed by atoms with E-state index in [1.165, 1.54) is 12.1 Å². The third-order valence-electron chi connectivity index (χ3n) is 5.03. The molecule has 2 heterocycles. The van der Waals surface area contributed by atoms with Gasteiger partial charge in [-0.2, -0.15) is 0 Å². The highest BCUT2D eigenvalue weighted by Crippen LogP contribution is 2.34. The first kappa shape index (κ1) is 21.0. The minimum atomic E-state index is -1.33. The number of aliphatic carboxylic acids is 1. The molecule has 1 saturated heterocycles. The maximum Gasteiger partial charge on any atom is 0.328 e. The number of ether oxygens (including phenoxy) is 2. The number of amides is 3. The number of carbonyl (C=O) groups excluding carboxylic acids is 3. The first-order valence-electron chi connectivity index (χ1n) is 9.56. The molecular weight excluding hydrogens is 423 g/mol. The monoisotopic (exact) mass is 440 g/mol. The van der Waals surface area contributed by atoms with Crippen LogP contribution in [0.5, 0.6) is 11.5 Å². The van der Waals surface area contributed by atoms with Crippen LogP contribution in [-0.2, 0) is 25.7 Å². The molecule has 1 N–H and O–H groups in total. The Hall–Kier alpha value is -4.21. The minimum Gasteiger partial charge on any atom is -0.478 e. The lowest BCUT2D eigenvalue weighted by Crippen LogP contribution is -2.44. The average Bonchev–Trinajstić information content (AvgIpc) is 3.34. The average molecular weight is 440 g/mol. The maximum absolute atomic E-state index is 13.2. The van der Waals surface area contributed by atoms with Gasteiger partial charge in [-0.15, -0.1) is 0 Å². The highest BCUT2D eigenvalue weighted by Gasteiger charge is 2.44. The Morgan fingerprint density at radius 3 is 2.53 bits per heavy atom. The zero-order valence-corrected chi connectivity index (χ0v) is 16.6. The second-order valence-electron chi connectivity index (χ2n) is 7.09. The van der Waals surface area contributed by atoms with Crippen LogP contribution in [0.4, 0.5) is 10.1 Å². The fraction of sp³-hybridized carbons (Fsp3) is 0.182. The van der Waals surface area contributed by atoms with E-state index in [1.54, 1.807) is 18.2 Å². The van der Waals surface area contributed by atoms with E-state index in [-0.39, 0.29) is 25.4 Å². The summed E-state index contributed by atoms with van der Waals surface area (Å²) in [7, 11) is 0. The summed E-state index contributed by atoms with van der Waals surface area (Å²) >= 11 is 0. The number of imide groups is 1. The number of fused-ring (bicyclic) bond motifs is 1. The van der Waals surface area contributed by atoms with Crippen LogP contribution in [0.25, 0.3) is 0 Å². The van der Waals surface area contributed by atoms with Crippen LogP contribution in [0.1, 0.15) is 12.0 Å². The SMILES string of the molecule is O=C(O)/C=C/C(=O)N(Cc1ccc2c(c1)OCO2)C1CC(=O)N(c2ccc(F)cc2)C1=O. The first-order valence-corrected chi connectivity index (χ1v) is 9.56. The Labute approximate surface area is 181 Å². The van der Waals surface area contributed by atoms with Crippen molar-refractivity contribution in [3.8, 4) is 11.5 Å². The summed E-state index contributed by atoms with van der Waals surface area (Å²) in [5.41, 5.74) is 0.771. The number of carboxylic acids is 1. The summed E-state index contributed by atoms with van der Waals surface area (Å²) in [6.07, 6.45) is 1.19. The van der Waals surface area contributed by atoms with Crippen molar-refractivity contribution in [1.29, 1.82) is 0 Å². The Bertz CT molecular complexity index is 1130. The Kier molecular flexibility index (Phi) is 5.59. The second kappa shape index (κ2) is 8.50.